The number of carbonyl (C=O) groups excluding carboxylic acids is 1. The van der Waals surface area contributed by atoms with Gasteiger partial charge in [0, 0.05) is 5.75 Å². The highest BCUT2D eigenvalue weighted by molar-refractivity contribution is 8.03. The molecule has 0 unspecified atom stereocenters. The number of ether oxygens (including phenoxy) is 3. The van der Waals surface area contributed by atoms with Crippen molar-refractivity contribution in [1.29, 1.82) is 0 Å². The zero-order chi connectivity index (χ0) is 19.2. The Morgan fingerprint density at radius 3 is 2.31 bits per heavy atom. The van der Waals surface area contributed by atoms with Gasteiger partial charge in [0.2, 0.25) is 0 Å². The van der Waals surface area contributed by atoms with Crippen LogP contribution in [0.4, 0.5) is 0 Å². The molecule has 146 valence electrons. The number of esters is 1. The normalized spacial score (nSPS) is 23.5. The molecule has 1 aromatic carbocycles. The summed E-state index contributed by atoms with van der Waals surface area (Å²) in [5.74, 6) is 1.56. The van der Waals surface area contributed by atoms with Crippen LogP contribution in [0.15, 0.2) is 24.3 Å². The maximum atomic E-state index is 13.4. The molecule has 1 aromatic rings. The molecule has 0 aliphatic carbocycles. The van der Waals surface area contributed by atoms with E-state index in [1.54, 1.807) is 18.9 Å². The fourth-order valence-electron chi connectivity index (χ4n) is 4.26. The zero-order valence-electron chi connectivity index (χ0n) is 16.7. The zero-order valence-corrected chi connectivity index (χ0v) is 18.5. The summed E-state index contributed by atoms with van der Waals surface area (Å²) < 4.78 is 16.7. The molecule has 0 bridgehead atoms. The molecule has 0 spiro atoms. The van der Waals surface area contributed by atoms with Gasteiger partial charge in [0.15, 0.2) is 0 Å². The molecule has 1 aliphatic rings. The van der Waals surface area contributed by atoms with Gasteiger partial charge in [-0.3, -0.25) is 4.79 Å². The first-order chi connectivity index (χ1) is 12.5. The van der Waals surface area contributed by atoms with Gasteiger partial charge in [0.25, 0.3) is 0 Å². The highest BCUT2D eigenvalue weighted by Gasteiger charge is 2.63. The lowest BCUT2D eigenvalue weighted by molar-refractivity contribution is -0.148. The van der Waals surface area contributed by atoms with E-state index in [9.17, 15) is 4.79 Å². The third-order valence-corrected chi connectivity index (χ3v) is 14.9. The third-order valence-electron chi connectivity index (χ3n) is 5.88. The fourth-order valence-corrected chi connectivity index (χ4v) is 12.5. The van der Waals surface area contributed by atoms with Crippen LogP contribution in [0.3, 0.4) is 0 Å². The Hall–Kier alpha value is -0.983. The Balaban J connectivity index is 2.61. The van der Waals surface area contributed by atoms with E-state index in [0.29, 0.717) is 13.2 Å². The summed E-state index contributed by atoms with van der Waals surface area (Å²) in [6.07, 6.45) is -0.266. The summed E-state index contributed by atoms with van der Waals surface area (Å²) in [6.45, 7) is 9.65. The summed E-state index contributed by atoms with van der Waals surface area (Å²) >= 11 is 1.78. The molecule has 6 heteroatoms. The minimum absolute atomic E-state index is 0.0808. The first kappa shape index (κ1) is 21.3. The van der Waals surface area contributed by atoms with Crippen LogP contribution < -0.4 is 4.74 Å². The molecule has 26 heavy (non-hydrogen) atoms. The van der Waals surface area contributed by atoms with E-state index in [4.69, 9.17) is 14.2 Å². The number of hydrogen-bond acceptors (Lipinski definition) is 5. The molecule has 1 fully saturated rings. The van der Waals surface area contributed by atoms with Crippen LogP contribution in [-0.4, -0.2) is 44.5 Å². The van der Waals surface area contributed by atoms with Crippen LogP contribution in [0.25, 0.3) is 0 Å². The molecule has 2 atom stereocenters. The quantitative estimate of drug-likeness (QED) is 0.464. The number of benzene rings is 1. The van der Waals surface area contributed by atoms with E-state index in [1.807, 2.05) is 31.2 Å². The van der Waals surface area contributed by atoms with Crippen molar-refractivity contribution in [2.45, 2.75) is 56.3 Å². The van der Waals surface area contributed by atoms with E-state index < -0.39 is 12.4 Å². The highest BCUT2D eigenvalue weighted by Crippen LogP contribution is 2.54. The van der Waals surface area contributed by atoms with Crippen LogP contribution in [0.2, 0.25) is 18.1 Å². The second-order valence-electron chi connectivity index (χ2n) is 6.67. The molecule has 0 amide bonds. The minimum atomic E-state index is -2.00. The summed E-state index contributed by atoms with van der Waals surface area (Å²) in [7, 11) is -0.342. The van der Waals surface area contributed by atoms with Crippen molar-refractivity contribution in [3.8, 4) is 5.75 Å². The Labute approximate surface area is 163 Å². The van der Waals surface area contributed by atoms with E-state index in [-0.39, 0.29) is 12.1 Å². The highest BCUT2D eigenvalue weighted by atomic mass is 32.2. The van der Waals surface area contributed by atoms with Gasteiger partial charge in [-0.1, -0.05) is 51.0 Å². The first-order valence-electron chi connectivity index (χ1n) is 9.61. The van der Waals surface area contributed by atoms with E-state index in [1.165, 1.54) is 0 Å². The lowest BCUT2D eigenvalue weighted by Crippen LogP contribution is -2.65. The SMILES string of the molecule is CCOC(=O)[C@]1([Si](CC)(CC)CC)SCCO[C@@H]1c1ccc(OC)cc1. The Morgan fingerprint density at radius 2 is 1.81 bits per heavy atom. The third kappa shape index (κ3) is 3.56. The van der Waals surface area contributed by atoms with Gasteiger partial charge in [-0.05, 0) is 24.6 Å². The van der Waals surface area contributed by atoms with Crippen LogP contribution in [0.1, 0.15) is 39.4 Å². The van der Waals surface area contributed by atoms with Crippen LogP contribution >= 0.6 is 11.8 Å². The Bertz CT molecular complexity index is 580. The van der Waals surface area contributed by atoms with Crippen molar-refractivity contribution >= 4 is 25.8 Å². The standard InChI is InChI=1S/C20H32O4SSi/c1-6-23-19(21)20(26(7-2,8-3)9-4)18(24-14-15-25-20)16-10-12-17(22-5)13-11-16/h10-13,18H,6-9,14-15H2,1-5H3/t18-,20+/m1/s1. The molecule has 0 N–H and O–H groups in total. The van der Waals surface area contributed by atoms with Crippen LogP contribution in [0.5, 0.6) is 5.75 Å². The maximum Gasteiger partial charge on any atom is 0.322 e. The van der Waals surface area contributed by atoms with Crippen molar-refractivity contribution < 1.29 is 19.0 Å². The summed E-state index contributed by atoms with van der Waals surface area (Å²) in [6, 6.07) is 11.1. The summed E-state index contributed by atoms with van der Waals surface area (Å²) in [4.78, 5) is 13.4. The second kappa shape index (κ2) is 9.29. The van der Waals surface area contributed by atoms with Gasteiger partial charge in [0.05, 0.1) is 28.4 Å². The number of carbonyl (C=O) groups is 1. The number of hydrogen-bond donors (Lipinski definition) is 0. The van der Waals surface area contributed by atoms with Crippen molar-refractivity contribution in [3.05, 3.63) is 29.8 Å². The fraction of sp³-hybridized carbons (Fsp3) is 0.650. The van der Waals surface area contributed by atoms with Gasteiger partial charge < -0.3 is 14.2 Å². The smallest absolute Gasteiger partial charge is 0.322 e. The summed E-state index contributed by atoms with van der Waals surface area (Å²) in [5.41, 5.74) is 1.04. The Kier molecular flexibility index (Phi) is 7.61. The van der Waals surface area contributed by atoms with Crippen molar-refractivity contribution in [1.82, 2.24) is 0 Å². The van der Waals surface area contributed by atoms with Crippen molar-refractivity contribution in [2.75, 3.05) is 26.1 Å². The predicted molar refractivity (Wildman–Crippen MR) is 111 cm³/mol. The van der Waals surface area contributed by atoms with Gasteiger partial charge in [0.1, 0.15) is 16.2 Å². The monoisotopic (exact) mass is 396 g/mol. The molecule has 1 heterocycles. The molecule has 2 rings (SSSR count). The first-order valence-corrected chi connectivity index (χ1v) is 13.2. The Morgan fingerprint density at radius 1 is 1.19 bits per heavy atom. The molecule has 0 radical (unpaired) electrons. The lowest BCUT2D eigenvalue weighted by Gasteiger charge is -2.52. The second-order valence-corrected chi connectivity index (χ2v) is 13.8. The van der Waals surface area contributed by atoms with Crippen LogP contribution in [-0.2, 0) is 14.3 Å². The van der Waals surface area contributed by atoms with Crippen molar-refractivity contribution in [2.24, 2.45) is 0 Å². The summed E-state index contributed by atoms with van der Waals surface area (Å²) in [5, 5.41) is 0. The average molecular weight is 397 g/mol. The van der Waals surface area contributed by atoms with Gasteiger partial charge in [-0.15, -0.1) is 11.8 Å². The van der Waals surface area contributed by atoms with E-state index in [0.717, 1.165) is 35.2 Å². The van der Waals surface area contributed by atoms with Gasteiger partial charge in [-0.2, -0.15) is 0 Å². The van der Waals surface area contributed by atoms with E-state index >= 15 is 0 Å². The largest absolute Gasteiger partial charge is 0.497 e. The number of thioether (sulfide) groups is 1. The van der Waals surface area contributed by atoms with Crippen LogP contribution in [0, 0.1) is 0 Å². The topological polar surface area (TPSA) is 44.8 Å². The number of methoxy groups -OCH3 is 1. The maximum absolute atomic E-state index is 13.4. The van der Waals surface area contributed by atoms with Gasteiger partial charge >= 0.3 is 5.97 Å². The average Bonchev–Trinajstić information content (AvgIpc) is 2.70. The minimum Gasteiger partial charge on any atom is -0.497 e. The van der Waals surface area contributed by atoms with Crippen molar-refractivity contribution in [3.63, 3.8) is 0 Å². The van der Waals surface area contributed by atoms with E-state index in [2.05, 4.69) is 20.8 Å². The van der Waals surface area contributed by atoms with Gasteiger partial charge in [-0.25, -0.2) is 0 Å². The molecule has 4 nitrogen and oxygen atoms in total. The molecular formula is C20H32O4SSi. The molecule has 1 aliphatic heterocycles. The molecule has 0 aromatic heterocycles. The lowest BCUT2D eigenvalue weighted by atomic mass is 10.0. The molecule has 0 saturated carbocycles. The predicted octanol–water partition coefficient (Wildman–Crippen LogP) is 4.85. The number of rotatable bonds is 8. The molecule has 1 saturated heterocycles. The molecular weight excluding hydrogens is 364 g/mol.